The Bertz CT molecular complexity index is 317. The molecule has 0 radical (unpaired) electrons. The highest BCUT2D eigenvalue weighted by molar-refractivity contribution is 6.33. The van der Waals surface area contributed by atoms with Crippen LogP contribution in [-0.4, -0.2) is 18.3 Å². The van der Waals surface area contributed by atoms with E-state index in [0.717, 1.165) is 0 Å². The van der Waals surface area contributed by atoms with Gasteiger partial charge in [0.2, 0.25) is 0 Å². The van der Waals surface area contributed by atoms with Gasteiger partial charge >= 0.3 is 6.03 Å². The molecule has 0 heterocycles. The molecule has 1 rings (SSSR count). The van der Waals surface area contributed by atoms with Crippen LogP contribution < -0.4 is 10.4 Å². The number of amides is 2. The minimum absolute atomic E-state index is 0.253. The Hall–Kier alpha value is -1.26. The monoisotopic (exact) mass is 200 g/mol. The van der Waals surface area contributed by atoms with Crippen LogP contribution in [0.4, 0.5) is 10.5 Å². The summed E-state index contributed by atoms with van der Waals surface area (Å²) >= 11 is 5.74. The van der Waals surface area contributed by atoms with E-state index in [9.17, 15) is 10.0 Å². The molecule has 0 unspecified atom stereocenters. The number of halogens is 1. The predicted molar refractivity (Wildman–Crippen MR) is 50.2 cm³/mol. The van der Waals surface area contributed by atoms with Gasteiger partial charge in [0.15, 0.2) is 0 Å². The van der Waals surface area contributed by atoms with Crippen molar-refractivity contribution >= 4 is 23.3 Å². The highest BCUT2D eigenvalue weighted by atomic mass is 35.5. The third kappa shape index (κ3) is 2.11. The van der Waals surface area contributed by atoms with Crippen LogP contribution in [0.2, 0.25) is 5.02 Å². The first-order chi connectivity index (χ1) is 6.16. The maximum atomic E-state index is 11.0. The molecule has 1 aromatic carbocycles. The number of carbonyl (C=O) groups is 1. The summed E-state index contributed by atoms with van der Waals surface area (Å²) in [6.45, 7) is 0. The number of anilines is 1. The van der Waals surface area contributed by atoms with Crippen LogP contribution in [0.1, 0.15) is 0 Å². The number of carbonyl (C=O) groups excluding carboxylic acids is 1. The van der Waals surface area contributed by atoms with Crippen LogP contribution >= 0.6 is 11.6 Å². The molecule has 0 aliphatic carbocycles. The lowest BCUT2D eigenvalue weighted by Crippen LogP contribution is -2.35. The van der Waals surface area contributed by atoms with Gasteiger partial charge in [0.1, 0.15) is 0 Å². The van der Waals surface area contributed by atoms with Crippen molar-refractivity contribution in [2.24, 2.45) is 0 Å². The van der Waals surface area contributed by atoms with Crippen molar-refractivity contribution in [1.29, 1.82) is 0 Å². The van der Waals surface area contributed by atoms with Crippen molar-refractivity contribution in [2.75, 3.05) is 12.1 Å². The molecule has 0 saturated heterocycles. The first-order valence-corrected chi connectivity index (χ1v) is 4.00. The van der Waals surface area contributed by atoms with Crippen molar-refractivity contribution in [3.8, 4) is 0 Å². The Kier molecular flexibility index (Phi) is 3.11. The molecule has 0 atom stereocenters. The van der Waals surface area contributed by atoms with Gasteiger partial charge < -0.3 is 5.32 Å². The van der Waals surface area contributed by atoms with E-state index in [2.05, 4.69) is 5.32 Å². The lowest BCUT2D eigenvalue weighted by Gasteiger charge is -2.14. The molecule has 0 fully saturated rings. The summed E-state index contributed by atoms with van der Waals surface area (Å²) in [7, 11) is 1.42. The number of hydroxylamine groups is 1. The number of hydrogen-bond acceptors (Lipinski definition) is 2. The van der Waals surface area contributed by atoms with Gasteiger partial charge in [0, 0.05) is 7.05 Å². The summed E-state index contributed by atoms with van der Waals surface area (Å²) < 4.78 is 0. The maximum Gasteiger partial charge on any atom is 0.345 e. The Morgan fingerprint density at radius 3 is 2.69 bits per heavy atom. The number of benzene rings is 1. The molecular weight excluding hydrogens is 192 g/mol. The maximum absolute atomic E-state index is 11.0. The van der Waals surface area contributed by atoms with E-state index in [1.165, 1.54) is 13.1 Å². The topological polar surface area (TPSA) is 52.6 Å². The van der Waals surface area contributed by atoms with Crippen LogP contribution in [0.5, 0.6) is 0 Å². The van der Waals surface area contributed by atoms with Gasteiger partial charge in [-0.2, -0.15) is 5.06 Å². The van der Waals surface area contributed by atoms with Crippen LogP contribution in [0.15, 0.2) is 24.3 Å². The Labute approximate surface area is 80.7 Å². The number of rotatable bonds is 1. The van der Waals surface area contributed by atoms with Gasteiger partial charge in [0.05, 0.1) is 10.7 Å². The zero-order valence-electron chi connectivity index (χ0n) is 6.99. The van der Waals surface area contributed by atoms with E-state index in [4.69, 9.17) is 11.6 Å². The molecule has 1 aromatic rings. The fourth-order valence-corrected chi connectivity index (χ4v) is 1.05. The quantitative estimate of drug-likeness (QED) is 0.537. The summed E-state index contributed by atoms with van der Waals surface area (Å²) in [5, 5.41) is 12.3. The van der Waals surface area contributed by atoms with Gasteiger partial charge in [-0.1, -0.05) is 23.7 Å². The summed E-state index contributed by atoms with van der Waals surface area (Å²) in [6, 6.07) is 5.88. The average Bonchev–Trinajstić information content (AvgIpc) is 2.16. The van der Waals surface area contributed by atoms with Crippen molar-refractivity contribution in [3.63, 3.8) is 0 Å². The SMILES string of the molecule is CNC(=O)N(O)c1ccccc1Cl. The van der Waals surface area contributed by atoms with E-state index in [1.54, 1.807) is 18.2 Å². The second kappa shape index (κ2) is 4.11. The number of nitrogens with zero attached hydrogens (tertiary/aromatic N) is 1. The molecular formula is C8H9ClN2O2. The first kappa shape index (κ1) is 9.83. The molecule has 4 nitrogen and oxygen atoms in total. The Balaban J connectivity index is 2.95. The highest BCUT2D eigenvalue weighted by Crippen LogP contribution is 2.23. The fraction of sp³-hybridized carbons (Fsp3) is 0.125. The Morgan fingerprint density at radius 2 is 2.15 bits per heavy atom. The van der Waals surface area contributed by atoms with Crippen LogP contribution in [0.3, 0.4) is 0 Å². The van der Waals surface area contributed by atoms with Crippen molar-refractivity contribution < 1.29 is 10.0 Å². The molecule has 5 heteroatoms. The third-order valence-electron chi connectivity index (χ3n) is 1.49. The van der Waals surface area contributed by atoms with Gasteiger partial charge in [0.25, 0.3) is 0 Å². The third-order valence-corrected chi connectivity index (χ3v) is 1.81. The molecule has 0 bridgehead atoms. The van der Waals surface area contributed by atoms with Crippen molar-refractivity contribution in [3.05, 3.63) is 29.3 Å². The van der Waals surface area contributed by atoms with Gasteiger partial charge in [-0.05, 0) is 12.1 Å². The molecule has 13 heavy (non-hydrogen) atoms. The standard InChI is InChI=1S/C8H9ClN2O2/c1-10-8(12)11(13)7-5-3-2-4-6(7)9/h2-5,13H,1H3,(H,10,12). The van der Waals surface area contributed by atoms with Crippen molar-refractivity contribution in [1.82, 2.24) is 5.32 Å². The molecule has 0 spiro atoms. The summed E-state index contributed by atoms with van der Waals surface area (Å²) in [6.07, 6.45) is 0. The normalized spacial score (nSPS) is 9.46. The zero-order valence-corrected chi connectivity index (χ0v) is 7.75. The summed E-state index contributed by atoms with van der Waals surface area (Å²) in [5.41, 5.74) is 0.253. The minimum atomic E-state index is -0.631. The van der Waals surface area contributed by atoms with Gasteiger partial charge in [-0.25, -0.2) is 4.79 Å². The van der Waals surface area contributed by atoms with Crippen molar-refractivity contribution in [2.45, 2.75) is 0 Å². The van der Waals surface area contributed by atoms with Crippen LogP contribution in [0.25, 0.3) is 0 Å². The molecule has 0 aromatic heterocycles. The smallest absolute Gasteiger partial charge is 0.339 e. The average molecular weight is 201 g/mol. The largest absolute Gasteiger partial charge is 0.345 e. The van der Waals surface area contributed by atoms with Gasteiger partial charge in [-0.3, -0.25) is 5.21 Å². The molecule has 70 valence electrons. The number of nitrogens with one attached hydrogen (secondary N) is 1. The second-order valence-corrected chi connectivity index (χ2v) is 2.73. The molecule has 0 aliphatic heterocycles. The lowest BCUT2D eigenvalue weighted by molar-refractivity contribution is 0.206. The zero-order chi connectivity index (χ0) is 9.84. The summed E-state index contributed by atoms with van der Waals surface area (Å²) in [4.78, 5) is 11.0. The summed E-state index contributed by atoms with van der Waals surface area (Å²) in [5.74, 6) is 0. The first-order valence-electron chi connectivity index (χ1n) is 3.62. The number of para-hydroxylation sites is 1. The molecule has 2 N–H and O–H groups in total. The van der Waals surface area contributed by atoms with Gasteiger partial charge in [-0.15, -0.1) is 0 Å². The fourth-order valence-electron chi connectivity index (χ4n) is 0.839. The highest BCUT2D eigenvalue weighted by Gasteiger charge is 2.13. The minimum Gasteiger partial charge on any atom is -0.339 e. The second-order valence-electron chi connectivity index (χ2n) is 2.32. The number of urea groups is 1. The van der Waals surface area contributed by atoms with E-state index >= 15 is 0 Å². The van der Waals surface area contributed by atoms with E-state index in [1.807, 2.05) is 0 Å². The predicted octanol–water partition coefficient (Wildman–Crippen LogP) is 1.88. The molecule has 2 amide bonds. The van der Waals surface area contributed by atoms with E-state index in [-0.39, 0.29) is 5.69 Å². The van der Waals surface area contributed by atoms with E-state index < -0.39 is 6.03 Å². The molecule has 0 saturated carbocycles. The van der Waals surface area contributed by atoms with E-state index in [0.29, 0.717) is 10.1 Å². The lowest BCUT2D eigenvalue weighted by atomic mass is 10.3. The Morgan fingerprint density at radius 1 is 1.54 bits per heavy atom. The van der Waals surface area contributed by atoms with Crippen LogP contribution in [0, 0.1) is 0 Å². The van der Waals surface area contributed by atoms with Crippen LogP contribution in [-0.2, 0) is 0 Å². The number of hydrogen-bond donors (Lipinski definition) is 2. The molecule has 0 aliphatic rings.